The lowest BCUT2D eigenvalue weighted by Crippen LogP contribution is -2.00. The molecule has 0 unspecified atom stereocenters. The molecule has 100 valence electrons. The van der Waals surface area contributed by atoms with E-state index in [-0.39, 0.29) is 0 Å². The van der Waals surface area contributed by atoms with Gasteiger partial charge in [0, 0.05) is 29.1 Å². The minimum absolute atomic E-state index is 0.794. The van der Waals surface area contributed by atoms with E-state index in [2.05, 4.69) is 56.7 Å². The monoisotopic (exact) mass is 327 g/mol. The fourth-order valence-electron chi connectivity index (χ4n) is 1.99. The van der Waals surface area contributed by atoms with Gasteiger partial charge in [-0.25, -0.2) is 4.68 Å². The number of nitrogens with zero attached hydrogens (tertiary/aromatic N) is 2. The van der Waals surface area contributed by atoms with Gasteiger partial charge in [-0.3, -0.25) is 0 Å². The van der Waals surface area contributed by atoms with Crippen LogP contribution < -0.4 is 5.32 Å². The third-order valence-electron chi connectivity index (χ3n) is 3.06. The summed E-state index contributed by atoms with van der Waals surface area (Å²) >= 11 is 3.53. The number of halogens is 1. The summed E-state index contributed by atoms with van der Waals surface area (Å²) in [5, 5.41) is 7.63. The Hall–Kier alpha value is -2.07. The van der Waals surface area contributed by atoms with Crippen molar-refractivity contribution in [2.75, 3.05) is 5.32 Å². The first kappa shape index (κ1) is 12.9. The summed E-state index contributed by atoms with van der Waals surface area (Å²) in [6, 6.07) is 18.4. The average Bonchev–Trinajstić information content (AvgIpc) is 3.01. The Morgan fingerprint density at radius 1 is 1.00 bits per heavy atom. The topological polar surface area (TPSA) is 29.9 Å². The molecule has 0 aliphatic rings. The first-order chi connectivity index (χ1) is 9.83. The number of para-hydroxylation sites is 1. The van der Waals surface area contributed by atoms with Crippen molar-refractivity contribution in [3.05, 3.63) is 77.0 Å². The second-order valence-corrected chi connectivity index (χ2v) is 5.30. The molecule has 0 atom stereocenters. The molecule has 0 aliphatic heterocycles. The number of hydrogen-bond donors (Lipinski definition) is 1. The van der Waals surface area contributed by atoms with Crippen LogP contribution in [0.2, 0.25) is 0 Å². The Labute approximate surface area is 126 Å². The Bertz CT molecular complexity index is 675. The van der Waals surface area contributed by atoms with Gasteiger partial charge in [0.05, 0.1) is 5.69 Å². The zero-order valence-corrected chi connectivity index (χ0v) is 12.4. The Morgan fingerprint density at radius 2 is 1.80 bits per heavy atom. The van der Waals surface area contributed by atoms with Gasteiger partial charge in [-0.15, -0.1) is 0 Å². The van der Waals surface area contributed by atoms with E-state index in [4.69, 9.17) is 0 Å². The normalized spacial score (nSPS) is 10.4. The lowest BCUT2D eigenvalue weighted by atomic mass is 10.2. The minimum Gasteiger partial charge on any atom is -0.380 e. The molecule has 0 saturated carbocycles. The van der Waals surface area contributed by atoms with Crippen LogP contribution in [0.1, 0.15) is 5.56 Å². The van der Waals surface area contributed by atoms with Crippen molar-refractivity contribution >= 4 is 21.6 Å². The highest BCUT2D eigenvalue weighted by atomic mass is 79.9. The molecular formula is C16H14BrN3. The third-order valence-corrected chi connectivity index (χ3v) is 3.75. The molecule has 3 nitrogen and oxygen atoms in total. The van der Waals surface area contributed by atoms with E-state index in [0.29, 0.717) is 0 Å². The van der Waals surface area contributed by atoms with Gasteiger partial charge < -0.3 is 5.32 Å². The molecule has 3 aromatic rings. The summed E-state index contributed by atoms with van der Waals surface area (Å²) < 4.78 is 2.93. The van der Waals surface area contributed by atoms with Crippen LogP contribution in [0.5, 0.6) is 0 Å². The van der Waals surface area contributed by atoms with E-state index in [1.54, 1.807) is 6.20 Å². The van der Waals surface area contributed by atoms with Gasteiger partial charge >= 0.3 is 0 Å². The minimum atomic E-state index is 0.794. The summed E-state index contributed by atoms with van der Waals surface area (Å²) in [7, 11) is 0. The molecule has 20 heavy (non-hydrogen) atoms. The van der Waals surface area contributed by atoms with Gasteiger partial charge in [0.1, 0.15) is 0 Å². The van der Waals surface area contributed by atoms with E-state index in [9.17, 15) is 0 Å². The molecule has 2 aromatic carbocycles. The van der Waals surface area contributed by atoms with Crippen molar-refractivity contribution in [3.63, 3.8) is 0 Å². The van der Waals surface area contributed by atoms with Crippen molar-refractivity contribution in [2.45, 2.75) is 6.54 Å². The molecule has 0 amide bonds. The highest BCUT2D eigenvalue weighted by Crippen LogP contribution is 2.22. The number of anilines is 1. The molecule has 0 fully saturated rings. The quantitative estimate of drug-likeness (QED) is 0.776. The maximum absolute atomic E-state index is 4.22. The fourth-order valence-corrected chi connectivity index (χ4v) is 2.41. The van der Waals surface area contributed by atoms with Crippen molar-refractivity contribution in [1.29, 1.82) is 0 Å². The van der Waals surface area contributed by atoms with E-state index < -0.39 is 0 Å². The fraction of sp³-hybridized carbons (Fsp3) is 0.0625. The number of benzene rings is 2. The third kappa shape index (κ3) is 2.91. The second-order valence-electron chi connectivity index (χ2n) is 4.45. The van der Waals surface area contributed by atoms with Gasteiger partial charge in [-0.05, 0) is 51.8 Å². The molecule has 0 bridgehead atoms. The van der Waals surface area contributed by atoms with Gasteiger partial charge in [0.15, 0.2) is 0 Å². The van der Waals surface area contributed by atoms with Crippen LogP contribution in [0.4, 0.5) is 5.69 Å². The lowest BCUT2D eigenvalue weighted by molar-refractivity contribution is 0.879. The van der Waals surface area contributed by atoms with E-state index >= 15 is 0 Å². The zero-order valence-electron chi connectivity index (χ0n) is 10.8. The average molecular weight is 328 g/mol. The van der Waals surface area contributed by atoms with Crippen LogP contribution in [0, 0.1) is 0 Å². The number of rotatable bonds is 4. The molecule has 0 aliphatic carbocycles. The molecule has 1 N–H and O–H groups in total. The molecule has 0 spiro atoms. The van der Waals surface area contributed by atoms with Gasteiger partial charge in [-0.1, -0.05) is 24.3 Å². The maximum atomic E-state index is 4.22. The number of nitrogens with one attached hydrogen (secondary N) is 1. The van der Waals surface area contributed by atoms with Crippen LogP contribution in [0.15, 0.2) is 71.5 Å². The first-order valence-corrected chi connectivity index (χ1v) is 7.19. The molecule has 1 heterocycles. The number of aromatic nitrogens is 2. The summed E-state index contributed by atoms with van der Waals surface area (Å²) in [5.41, 5.74) is 3.40. The van der Waals surface area contributed by atoms with Gasteiger partial charge in [-0.2, -0.15) is 5.10 Å². The smallest absolute Gasteiger partial charge is 0.0645 e. The molecule has 3 rings (SSSR count). The predicted molar refractivity (Wildman–Crippen MR) is 85.0 cm³/mol. The predicted octanol–water partition coefficient (Wildman–Crippen LogP) is 4.25. The number of hydrogen-bond acceptors (Lipinski definition) is 2. The highest BCUT2D eigenvalue weighted by molar-refractivity contribution is 9.10. The van der Waals surface area contributed by atoms with Crippen LogP contribution in [-0.2, 0) is 6.54 Å². The first-order valence-electron chi connectivity index (χ1n) is 6.40. The molecule has 1 aromatic heterocycles. The lowest BCUT2D eigenvalue weighted by Gasteiger charge is -2.09. The van der Waals surface area contributed by atoms with Crippen molar-refractivity contribution in [2.24, 2.45) is 0 Å². The molecule has 4 heteroatoms. The maximum Gasteiger partial charge on any atom is 0.0645 e. The Morgan fingerprint density at radius 3 is 2.50 bits per heavy atom. The zero-order chi connectivity index (χ0) is 13.8. The summed E-state index contributed by atoms with van der Waals surface area (Å²) in [4.78, 5) is 0. The van der Waals surface area contributed by atoms with Crippen molar-refractivity contribution in [1.82, 2.24) is 9.78 Å². The molecular weight excluding hydrogens is 314 g/mol. The SMILES string of the molecule is Brc1ccccc1NCc1ccc(-n2cccn2)cc1. The largest absolute Gasteiger partial charge is 0.380 e. The van der Waals surface area contributed by atoms with Crippen LogP contribution >= 0.6 is 15.9 Å². The standard InChI is InChI=1S/C16H14BrN3/c17-15-4-1-2-5-16(15)18-12-13-6-8-14(9-7-13)20-11-3-10-19-20/h1-11,18H,12H2. The van der Waals surface area contributed by atoms with Crippen LogP contribution in [0.25, 0.3) is 5.69 Å². The van der Waals surface area contributed by atoms with Gasteiger partial charge in [0.25, 0.3) is 0 Å². The van der Waals surface area contributed by atoms with Crippen LogP contribution in [-0.4, -0.2) is 9.78 Å². The summed E-state index contributed by atoms with van der Waals surface area (Å²) in [6.45, 7) is 0.794. The van der Waals surface area contributed by atoms with E-state index in [1.165, 1.54) is 5.56 Å². The van der Waals surface area contributed by atoms with Crippen LogP contribution in [0.3, 0.4) is 0 Å². The summed E-state index contributed by atoms with van der Waals surface area (Å²) in [6.07, 6.45) is 3.72. The molecule has 0 saturated heterocycles. The highest BCUT2D eigenvalue weighted by Gasteiger charge is 1.99. The summed E-state index contributed by atoms with van der Waals surface area (Å²) in [5.74, 6) is 0. The van der Waals surface area contributed by atoms with Crippen molar-refractivity contribution in [3.8, 4) is 5.69 Å². The Balaban J connectivity index is 1.68. The Kier molecular flexibility index (Phi) is 3.83. The second kappa shape index (κ2) is 5.92. The van der Waals surface area contributed by atoms with Gasteiger partial charge in [0.2, 0.25) is 0 Å². The molecule has 0 radical (unpaired) electrons. The van der Waals surface area contributed by atoms with Crippen molar-refractivity contribution < 1.29 is 0 Å². The van der Waals surface area contributed by atoms with E-state index in [1.807, 2.05) is 35.1 Å². The van der Waals surface area contributed by atoms with E-state index in [0.717, 1.165) is 22.4 Å².